The second-order valence-corrected chi connectivity index (χ2v) is 5.09. The van der Waals surface area contributed by atoms with Crippen molar-refractivity contribution in [1.29, 1.82) is 0 Å². The van der Waals surface area contributed by atoms with Crippen LogP contribution in [0.4, 0.5) is 13.6 Å². The van der Waals surface area contributed by atoms with E-state index in [2.05, 4.69) is 0 Å². The Labute approximate surface area is 108 Å². The van der Waals surface area contributed by atoms with Crippen LogP contribution in [0.1, 0.15) is 18.0 Å². The number of rotatable bonds is 2. The largest absolute Gasteiger partial charge is 0.465 e. The number of hydrogen-bond acceptors (Lipinski definition) is 2. The third-order valence-corrected chi connectivity index (χ3v) is 3.72. The number of nitrogens with zero attached hydrogens (tertiary/aromatic N) is 1. The van der Waals surface area contributed by atoms with E-state index < -0.39 is 24.1 Å². The molecule has 2 atom stereocenters. The van der Waals surface area contributed by atoms with E-state index in [0.717, 1.165) is 4.90 Å². The van der Waals surface area contributed by atoms with Crippen molar-refractivity contribution >= 4 is 17.9 Å². The van der Waals surface area contributed by atoms with Crippen LogP contribution in [0, 0.1) is 5.82 Å². The van der Waals surface area contributed by atoms with Crippen LogP contribution >= 0.6 is 11.8 Å². The number of amides is 1. The molecule has 18 heavy (non-hydrogen) atoms. The van der Waals surface area contributed by atoms with Crippen molar-refractivity contribution in [1.82, 2.24) is 4.90 Å². The second-order valence-electron chi connectivity index (χ2n) is 4.21. The molecule has 1 aromatic rings. The smallest absolute Gasteiger partial charge is 0.407 e. The fraction of sp³-hybridized carbons (Fsp3) is 0.417. The van der Waals surface area contributed by atoms with Gasteiger partial charge in [-0.25, -0.2) is 13.6 Å². The van der Waals surface area contributed by atoms with Gasteiger partial charge in [-0.3, -0.25) is 4.90 Å². The molecular weight excluding hydrogens is 260 g/mol. The summed E-state index contributed by atoms with van der Waals surface area (Å²) in [6, 6.07) is 3.77. The maximum atomic E-state index is 13.4. The molecule has 1 amide bonds. The van der Waals surface area contributed by atoms with E-state index in [1.807, 2.05) is 0 Å². The highest BCUT2D eigenvalue weighted by Crippen LogP contribution is 2.35. The predicted molar refractivity (Wildman–Crippen MR) is 65.2 cm³/mol. The molecule has 1 saturated heterocycles. The Morgan fingerprint density at radius 2 is 2.22 bits per heavy atom. The minimum atomic E-state index is -1.19. The molecule has 3 nitrogen and oxygen atoms in total. The first kappa shape index (κ1) is 13.1. The van der Waals surface area contributed by atoms with Gasteiger partial charge in [0.1, 0.15) is 12.0 Å². The van der Waals surface area contributed by atoms with Gasteiger partial charge in [-0.05, 0) is 30.0 Å². The molecule has 0 unspecified atom stereocenters. The van der Waals surface area contributed by atoms with Crippen molar-refractivity contribution in [3.8, 4) is 0 Å². The summed E-state index contributed by atoms with van der Waals surface area (Å²) in [5.74, 6) is -0.426. The van der Waals surface area contributed by atoms with E-state index >= 15 is 0 Å². The number of hydrogen-bond donors (Lipinski definition) is 1. The summed E-state index contributed by atoms with van der Waals surface area (Å²) in [7, 11) is 0. The molecule has 0 radical (unpaired) electrons. The van der Waals surface area contributed by atoms with Crippen LogP contribution in [0.3, 0.4) is 0 Å². The quantitative estimate of drug-likeness (QED) is 0.840. The van der Waals surface area contributed by atoms with Crippen molar-refractivity contribution in [2.24, 2.45) is 0 Å². The van der Waals surface area contributed by atoms with Gasteiger partial charge in [0.15, 0.2) is 0 Å². The lowest BCUT2D eigenvalue weighted by Gasteiger charge is -2.21. The third kappa shape index (κ3) is 2.58. The lowest BCUT2D eigenvalue weighted by molar-refractivity contribution is 0.138. The van der Waals surface area contributed by atoms with Gasteiger partial charge in [0.25, 0.3) is 0 Å². The fourth-order valence-corrected chi connectivity index (χ4v) is 2.69. The van der Waals surface area contributed by atoms with Crippen molar-refractivity contribution in [3.63, 3.8) is 0 Å². The monoisotopic (exact) mass is 273 g/mol. The Kier molecular flexibility index (Phi) is 3.75. The molecule has 1 aliphatic heterocycles. The zero-order chi connectivity index (χ0) is 13.3. The lowest BCUT2D eigenvalue weighted by Crippen LogP contribution is -2.29. The number of thioether (sulfide) groups is 1. The number of halogens is 2. The van der Waals surface area contributed by atoms with Crippen LogP contribution in [0.2, 0.25) is 0 Å². The Hall–Kier alpha value is -1.30. The SMILES string of the molecule is CSc1cc(F)cc([C@H]2C[C@H](F)CN2C(=O)O)c1. The highest BCUT2D eigenvalue weighted by atomic mass is 32.2. The van der Waals surface area contributed by atoms with Crippen LogP contribution in [0.15, 0.2) is 23.1 Å². The van der Waals surface area contributed by atoms with Gasteiger partial charge < -0.3 is 5.11 Å². The van der Waals surface area contributed by atoms with Crippen molar-refractivity contribution in [2.75, 3.05) is 12.8 Å². The van der Waals surface area contributed by atoms with Crippen molar-refractivity contribution < 1.29 is 18.7 Å². The van der Waals surface area contributed by atoms with Crippen LogP contribution in [0.25, 0.3) is 0 Å². The predicted octanol–water partition coefficient (Wildman–Crippen LogP) is 3.31. The molecular formula is C12H13F2NO2S. The number of carbonyl (C=O) groups is 1. The van der Waals surface area contributed by atoms with Crippen LogP contribution in [-0.2, 0) is 0 Å². The van der Waals surface area contributed by atoms with E-state index in [0.29, 0.717) is 10.5 Å². The summed E-state index contributed by atoms with van der Waals surface area (Å²) in [5, 5.41) is 9.02. The summed E-state index contributed by atoms with van der Waals surface area (Å²) in [6.07, 6.45) is -0.467. The average Bonchev–Trinajstić information content (AvgIpc) is 2.70. The zero-order valence-corrected chi connectivity index (χ0v) is 10.6. The number of benzene rings is 1. The minimum Gasteiger partial charge on any atom is -0.465 e. The molecule has 98 valence electrons. The van der Waals surface area contributed by atoms with Gasteiger partial charge in [0.05, 0.1) is 12.6 Å². The molecule has 0 saturated carbocycles. The fourth-order valence-electron chi connectivity index (χ4n) is 2.21. The van der Waals surface area contributed by atoms with Gasteiger partial charge >= 0.3 is 6.09 Å². The van der Waals surface area contributed by atoms with Gasteiger partial charge in [-0.2, -0.15) is 0 Å². The van der Waals surface area contributed by atoms with E-state index in [-0.39, 0.29) is 13.0 Å². The molecule has 0 aromatic heterocycles. The Bertz CT molecular complexity index is 469. The maximum absolute atomic E-state index is 13.4. The molecule has 2 rings (SSSR count). The first-order valence-corrected chi connectivity index (χ1v) is 6.72. The zero-order valence-electron chi connectivity index (χ0n) is 9.77. The van der Waals surface area contributed by atoms with E-state index in [1.54, 1.807) is 12.3 Å². The Morgan fingerprint density at radius 3 is 2.83 bits per heavy atom. The normalized spacial score (nSPS) is 23.4. The van der Waals surface area contributed by atoms with Gasteiger partial charge in [-0.1, -0.05) is 0 Å². The van der Waals surface area contributed by atoms with Crippen molar-refractivity contribution in [3.05, 3.63) is 29.6 Å². The van der Waals surface area contributed by atoms with Gasteiger partial charge in [0.2, 0.25) is 0 Å². The first-order chi connectivity index (χ1) is 8.51. The topological polar surface area (TPSA) is 40.5 Å². The van der Waals surface area contributed by atoms with Crippen LogP contribution < -0.4 is 0 Å². The Morgan fingerprint density at radius 1 is 1.50 bits per heavy atom. The van der Waals surface area contributed by atoms with E-state index in [1.165, 1.54) is 23.9 Å². The number of likely N-dealkylation sites (tertiary alicyclic amines) is 1. The molecule has 1 N–H and O–H groups in total. The molecule has 6 heteroatoms. The summed E-state index contributed by atoms with van der Waals surface area (Å²) < 4.78 is 26.8. The van der Waals surface area contributed by atoms with Crippen LogP contribution in [0.5, 0.6) is 0 Å². The number of carboxylic acid groups (broad SMARTS) is 1. The van der Waals surface area contributed by atoms with E-state index in [9.17, 15) is 13.6 Å². The van der Waals surface area contributed by atoms with Crippen molar-refractivity contribution in [2.45, 2.75) is 23.5 Å². The molecule has 0 aliphatic carbocycles. The van der Waals surface area contributed by atoms with E-state index in [4.69, 9.17) is 5.11 Å². The summed E-state index contributed by atoms with van der Waals surface area (Å²) in [5.41, 5.74) is 0.516. The summed E-state index contributed by atoms with van der Waals surface area (Å²) >= 11 is 1.37. The molecule has 1 heterocycles. The average molecular weight is 273 g/mol. The Balaban J connectivity index is 2.35. The molecule has 1 fully saturated rings. The molecule has 0 bridgehead atoms. The third-order valence-electron chi connectivity index (χ3n) is 3.01. The molecule has 1 aromatic carbocycles. The minimum absolute atomic E-state index is 0.0869. The lowest BCUT2D eigenvalue weighted by atomic mass is 10.0. The molecule has 1 aliphatic rings. The standard InChI is InChI=1S/C12H13F2NO2S/c1-18-10-3-7(2-8(13)4-10)11-5-9(14)6-15(11)12(16)17/h2-4,9,11H,5-6H2,1H3,(H,16,17)/t9-,11+/m0/s1. The highest BCUT2D eigenvalue weighted by molar-refractivity contribution is 7.98. The summed E-state index contributed by atoms with van der Waals surface area (Å²) in [6.45, 7) is -0.148. The maximum Gasteiger partial charge on any atom is 0.407 e. The van der Waals surface area contributed by atoms with Crippen LogP contribution in [-0.4, -0.2) is 35.1 Å². The van der Waals surface area contributed by atoms with Gasteiger partial charge in [-0.15, -0.1) is 11.8 Å². The molecule has 0 spiro atoms. The second kappa shape index (κ2) is 5.14. The van der Waals surface area contributed by atoms with Gasteiger partial charge in [0, 0.05) is 11.3 Å². The number of alkyl halides is 1. The first-order valence-electron chi connectivity index (χ1n) is 5.49. The highest BCUT2D eigenvalue weighted by Gasteiger charge is 2.36. The summed E-state index contributed by atoms with van der Waals surface area (Å²) in [4.78, 5) is 12.8.